The van der Waals surface area contributed by atoms with Crippen LogP contribution in [0.4, 0.5) is 5.69 Å². The van der Waals surface area contributed by atoms with E-state index in [1.54, 1.807) is 19.9 Å². The number of ether oxygens (including phenoxy) is 1. The van der Waals surface area contributed by atoms with Crippen molar-refractivity contribution in [3.8, 4) is 5.75 Å². The predicted octanol–water partition coefficient (Wildman–Crippen LogP) is 1.12. The predicted molar refractivity (Wildman–Crippen MR) is 57.8 cm³/mol. The number of hydrogen-bond donors (Lipinski definition) is 2. The van der Waals surface area contributed by atoms with Crippen LogP contribution in [0.3, 0.4) is 0 Å². The van der Waals surface area contributed by atoms with Gasteiger partial charge in [-0.3, -0.25) is 4.79 Å². The zero-order valence-corrected chi connectivity index (χ0v) is 8.78. The molecule has 1 amide bonds. The summed E-state index contributed by atoms with van der Waals surface area (Å²) in [7, 11) is 0. The van der Waals surface area contributed by atoms with Gasteiger partial charge in [0.2, 0.25) is 5.91 Å². The Morgan fingerprint density at radius 3 is 2.80 bits per heavy atom. The molecule has 0 spiro atoms. The molecule has 1 aromatic carbocycles. The fraction of sp³-hybridized carbons (Fsp3) is 0.364. The lowest BCUT2D eigenvalue weighted by molar-refractivity contribution is -0.120. The highest BCUT2D eigenvalue weighted by Gasteiger charge is 2.37. The summed E-state index contributed by atoms with van der Waals surface area (Å²) in [4.78, 5) is 11.7. The van der Waals surface area contributed by atoms with E-state index >= 15 is 0 Å². The lowest BCUT2D eigenvalue weighted by Crippen LogP contribution is -2.53. The first kappa shape index (κ1) is 9.98. The van der Waals surface area contributed by atoms with Crippen molar-refractivity contribution in [2.45, 2.75) is 25.5 Å². The topological polar surface area (TPSA) is 64.3 Å². The number of amides is 1. The molecule has 0 fully saturated rings. The summed E-state index contributed by atoms with van der Waals surface area (Å²) in [5.41, 5.74) is 5.77. The fourth-order valence-corrected chi connectivity index (χ4v) is 1.53. The largest absolute Gasteiger partial charge is 0.483 e. The van der Waals surface area contributed by atoms with E-state index in [0.717, 1.165) is 0 Å². The minimum atomic E-state index is -0.698. The van der Waals surface area contributed by atoms with Gasteiger partial charge in [-0.2, -0.15) is 0 Å². The number of hydrogen-bond acceptors (Lipinski definition) is 3. The highest BCUT2D eigenvalue weighted by molar-refractivity contribution is 5.97. The molecule has 0 aromatic heterocycles. The van der Waals surface area contributed by atoms with E-state index in [-0.39, 0.29) is 5.91 Å². The Labute approximate surface area is 88.4 Å². The average molecular weight is 206 g/mol. The number of anilines is 1. The summed E-state index contributed by atoms with van der Waals surface area (Å²) in [5, 5.41) is 2.74. The second kappa shape index (κ2) is 3.24. The SMILES string of the molecule is CC1(C)Oc2ccccc2NC(=O)C1N. The number of nitrogens with one attached hydrogen (secondary N) is 1. The van der Waals surface area contributed by atoms with Gasteiger partial charge in [-0.25, -0.2) is 0 Å². The van der Waals surface area contributed by atoms with E-state index < -0.39 is 11.6 Å². The lowest BCUT2D eigenvalue weighted by atomic mass is 9.99. The van der Waals surface area contributed by atoms with E-state index in [9.17, 15) is 4.79 Å². The minimum Gasteiger partial charge on any atom is -0.483 e. The Balaban J connectivity index is 2.46. The molecule has 1 aliphatic heterocycles. The van der Waals surface area contributed by atoms with Crippen molar-refractivity contribution in [2.24, 2.45) is 5.73 Å². The fourth-order valence-electron chi connectivity index (χ4n) is 1.53. The number of carbonyl (C=O) groups is 1. The summed E-state index contributed by atoms with van der Waals surface area (Å²) >= 11 is 0. The Bertz CT molecular complexity index is 401. The molecule has 0 radical (unpaired) electrons. The van der Waals surface area contributed by atoms with Gasteiger partial charge >= 0.3 is 0 Å². The standard InChI is InChI=1S/C11H14N2O2/c1-11(2)9(12)10(14)13-7-5-3-4-6-8(7)15-11/h3-6,9H,12H2,1-2H3,(H,13,14). The molecule has 15 heavy (non-hydrogen) atoms. The molecule has 1 aliphatic rings. The van der Waals surface area contributed by atoms with Gasteiger partial charge in [0, 0.05) is 0 Å². The molecule has 0 aliphatic carbocycles. The quantitative estimate of drug-likeness (QED) is 0.668. The Hall–Kier alpha value is -1.55. The van der Waals surface area contributed by atoms with Crippen molar-refractivity contribution < 1.29 is 9.53 Å². The molecular formula is C11H14N2O2. The Morgan fingerprint density at radius 1 is 1.40 bits per heavy atom. The van der Waals surface area contributed by atoms with Crippen molar-refractivity contribution in [1.29, 1.82) is 0 Å². The molecule has 0 saturated carbocycles. The van der Waals surface area contributed by atoms with E-state index in [1.165, 1.54) is 0 Å². The number of para-hydroxylation sites is 2. The second-order valence-electron chi connectivity index (χ2n) is 4.17. The number of rotatable bonds is 0. The van der Waals surface area contributed by atoms with Crippen LogP contribution in [0.25, 0.3) is 0 Å². The molecule has 0 bridgehead atoms. The smallest absolute Gasteiger partial charge is 0.245 e. The maximum absolute atomic E-state index is 11.7. The Morgan fingerprint density at radius 2 is 2.07 bits per heavy atom. The first-order valence-corrected chi connectivity index (χ1v) is 4.85. The third-order valence-corrected chi connectivity index (χ3v) is 2.55. The molecule has 4 heteroatoms. The number of nitrogens with two attached hydrogens (primary N) is 1. The van der Waals surface area contributed by atoms with Gasteiger partial charge in [0.25, 0.3) is 0 Å². The van der Waals surface area contributed by atoms with Crippen LogP contribution in [0.1, 0.15) is 13.8 Å². The van der Waals surface area contributed by atoms with E-state index in [1.807, 2.05) is 18.2 Å². The molecule has 1 heterocycles. The summed E-state index contributed by atoms with van der Waals surface area (Å²) in [6.45, 7) is 3.61. The third-order valence-electron chi connectivity index (χ3n) is 2.55. The monoisotopic (exact) mass is 206 g/mol. The van der Waals surface area contributed by atoms with Crippen LogP contribution in [-0.2, 0) is 4.79 Å². The summed E-state index contributed by atoms with van der Waals surface area (Å²) in [6, 6.07) is 6.63. The van der Waals surface area contributed by atoms with Crippen LogP contribution >= 0.6 is 0 Å². The van der Waals surface area contributed by atoms with Crippen LogP contribution in [0, 0.1) is 0 Å². The second-order valence-corrected chi connectivity index (χ2v) is 4.17. The molecule has 1 unspecified atom stereocenters. The number of fused-ring (bicyclic) bond motifs is 1. The van der Waals surface area contributed by atoms with Crippen LogP contribution < -0.4 is 15.8 Å². The highest BCUT2D eigenvalue weighted by Crippen LogP contribution is 2.31. The molecule has 0 saturated heterocycles. The summed E-state index contributed by atoms with van der Waals surface area (Å²) in [6.07, 6.45) is 0. The minimum absolute atomic E-state index is 0.218. The number of benzene rings is 1. The molecule has 1 aromatic rings. The van der Waals surface area contributed by atoms with Crippen LogP contribution in [0.15, 0.2) is 24.3 Å². The van der Waals surface area contributed by atoms with Gasteiger partial charge in [-0.05, 0) is 26.0 Å². The molecule has 80 valence electrons. The van der Waals surface area contributed by atoms with Crippen LogP contribution in [0.5, 0.6) is 5.75 Å². The van der Waals surface area contributed by atoms with Gasteiger partial charge in [0.15, 0.2) is 0 Å². The van der Waals surface area contributed by atoms with Gasteiger partial charge in [0.05, 0.1) is 5.69 Å². The van der Waals surface area contributed by atoms with Crippen molar-refractivity contribution in [3.63, 3.8) is 0 Å². The van der Waals surface area contributed by atoms with Crippen molar-refractivity contribution in [3.05, 3.63) is 24.3 Å². The maximum Gasteiger partial charge on any atom is 0.245 e. The van der Waals surface area contributed by atoms with Gasteiger partial charge < -0.3 is 15.8 Å². The van der Waals surface area contributed by atoms with Crippen LogP contribution in [-0.4, -0.2) is 17.6 Å². The normalized spacial score (nSPS) is 23.4. The first-order chi connectivity index (χ1) is 7.00. The number of carbonyl (C=O) groups excluding carboxylic acids is 1. The van der Waals surface area contributed by atoms with Gasteiger partial charge in [-0.1, -0.05) is 12.1 Å². The van der Waals surface area contributed by atoms with E-state index in [0.29, 0.717) is 11.4 Å². The average Bonchev–Trinajstić information content (AvgIpc) is 2.26. The maximum atomic E-state index is 11.7. The molecule has 2 rings (SSSR count). The molecule has 3 N–H and O–H groups in total. The van der Waals surface area contributed by atoms with E-state index in [2.05, 4.69) is 5.32 Å². The third kappa shape index (κ3) is 1.68. The van der Waals surface area contributed by atoms with Crippen molar-refractivity contribution in [2.75, 3.05) is 5.32 Å². The lowest BCUT2D eigenvalue weighted by Gasteiger charge is -2.28. The van der Waals surface area contributed by atoms with E-state index in [4.69, 9.17) is 10.5 Å². The Kier molecular flexibility index (Phi) is 2.16. The van der Waals surface area contributed by atoms with Gasteiger partial charge in [-0.15, -0.1) is 0 Å². The molecule has 1 atom stereocenters. The molecule has 4 nitrogen and oxygen atoms in total. The summed E-state index contributed by atoms with van der Waals surface area (Å²) in [5.74, 6) is 0.439. The summed E-state index contributed by atoms with van der Waals surface area (Å²) < 4.78 is 5.72. The van der Waals surface area contributed by atoms with Crippen LogP contribution in [0.2, 0.25) is 0 Å². The van der Waals surface area contributed by atoms with Crippen molar-refractivity contribution in [1.82, 2.24) is 0 Å². The van der Waals surface area contributed by atoms with Gasteiger partial charge in [0.1, 0.15) is 17.4 Å². The molecular weight excluding hydrogens is 192 g/mol. The first-order valence-electron chi connectivity index (χ1n) is 4.85. The zero-order valence-electron chi connectivity index (χ0n) is 8.78. The van der Waals surface area contributed by atoms with Crippen molar-refractivity contribution >= 4 is 11.6 Å². The highest BCUT2D eigenvalue weighted by atomic mass is 16.5. The zero-order chi connectivity index (χ0) is 11.1.